The Balaban J connectivity index is 1.84. The number of carbonyl (C=O) groups excluding carboxylic acids is 4. The lowest BCUT2D eigenvalue weighted by molar-refractivity contribution is -0.130. The average molecular weight is 449 g/mol. The van der Waals surface area contributed by atoms with E-state index in [2.05, 4.69) is 5.43 Å². The van der Waals surface area contributed by atoms with Gasteiger partial charge in [-0.3, -0.25) is 15.0 Å². The number of hydrogen-bond donors (Lipinski definition) is 1. The van der Waals surface area contributed by atoms with Gasteiger partial charge in [-0.05, 0) is 46.8 Å². The molecule has 4 amide bonds. The molecule has 0 bridgehead atoms. The number of hydrazine groups is 1. The summed E-state index contributed by atoms with van der Waals surface area (Å²) in [6.45, 7) is 9.72. The minimum atomic E-state index is -0.892. The molecule has 0 spiro atoms. The normalized spacial score (nSPS) is 14.9. The molecule has 0 unspecified atom stereocenters. The van der Waals surface area contributed by atoms with Crippen LogP contribution in [0.25, 0.3) is 0 Å². The third-order valence-electron chi connectivity index (χ3n) is 4.69. The molecule has 1 heterocycles. The van der Waals surface area contributed by atoms with E-state index in [-0.39, 0.29) is 5.78 Å². The van der Waals surface area contributed by atoms with E-state index in [0.29, 0.717) is 37.5 Å². The molecular formula is C22H32N4O6. The molecule has 1 saturated heterocycles. The van der Waals surface area contributed by atoms with Gasteiger partial charge in [0, 0.05) is 38.8 Å². The van der Waals surface area contributed by atoms with Crippen molar-refractivity contribution in [1.29, 1.82) is 0 Å². The van der Waals surface area contributed by atoms with Gasteiger partial charge in [-0.15, -0.1) is 0 Å². The second-order valence-corrected chi connectivity index (χ2v) is 8.62. The van der Waals surface area contributed by atoms with E-state index in [9.17, 15) is 19.2 Å². The highest BCUT2D eigenvalue weighted by Gasteiger charge is 2.29. The van der Waals surface area contributed by atoms with E-state index in [0.717, 1.165) is 5.01 Å². The Morgan fingerprint density at radius 2 is 1.66 bits per heavy atom. The molecule has 0 aromatic heterocycles. The first-order valence-electron chi connectivity index (χ1n) is 10.5. The second kappa shape index (κ2) is 10.3. The van der Waals surface area contributed by atoms with E-state index in [1.807, 2.05) is 0 Å². The van der Waals surface area contributed by atoms with Gasteiger partial charge >= 0.3 is 12.1 Å². The first-order chi connectivity index (χ1) is 14.9. The zero-order valence-electron chi connectivity index (χ0n) is 19.5. The van der Waals surface area contributed by atoms with Gasteiger partial charge in [-0.2, -0.15) is 0 Å². The minimum Gasteiger partial charge on any atom is -0.481 e. The van der Waals surface area contributed by atoms with E-state index in [4.69, 9.17) is 9.47 Å². The van der Waals surface area contributed by atoms with E-state index in [1.54, 1.807) is 61.8 Å². The van der Waals surface area contributed by atoms with E-state index >= 15 is 0 Å². The number of amides is 4. The third kappa shape index (κ3) is 7.14. The smallest absolute Gasteiger partial charge is 0.410 e. The molecule has 1 fully saturated rings. The first kappa shape index (κ1) is 25.0. The van der Waals surface area contributed by atoms with Crippen LogP contribution in [0.1, 0.15) is 45.0 Å². The lowest BCUT2D eigenvalue weighted by Crippen LogP contribution is -2.57. The summed E-state index contributed by atoms with van der Waals surface area (Å²) in [5.74, 6) is -0.237. The molecular weight excluding hydrogens is 416 g/mol. The Kier molecular flexibility index (Phi) is 8.07. The Hall–Kier alpha value is -3.30. The van der Waals surface area contributed by atoms with Crippen LogP contribution in [0.3, 0.4) is 0 Å². The first-order valence-corrected chi connectivity index (χ1v) is 10.5. The molecule has 2 rings (SSSR count). The van der Waals surface area contributed by atoms with Gasteiger partial charge in [0.2, 0.25) is 0 Å². The Morgan fingerprint density at radius 1 is 1.06 bits per heavy atom. The quantitative estimate of drug-likeness (QED) is 0.559. The van der Waals surface area contributed by atoms with Crippen LogP contribution in [-0.2, 0) is 9.53 Å². The number of ketones is 1. The highest BCUT2D eigenvalue weighted by Crippen LogP contribution is 2.16. The zero-order chi connectivity index (χ0) is 24.1. The highest BCUT2D eigenvalue weighted by atomic mass is 16.6. The van der Waals surface area contributed by atoms with Gasteiger partial charge in [0.1, 0.15) is 11.4 Å². The molecule has 1 N–H and O–H groups in total. The monoisotopic (exact) mass is 448 g/mol. The fourth-order valence-electron chi connectivity index (χ4n) is 2.97. The molecule has 1 aliphatic heterocycles. The number of benzene rings is 1. The van der Waals surface area contributed by atoms with Crippen LogP contribution in [0, 0.1) is 0 Å². The maximum Gasteiger partial charge on any atom is 0.410 e. The number of Topliss-reactive ketones (excluding diaryl/α,β-unsaturated/α-hetero) is 1. The highest BCUT2D eigenvalue weighted by molar-refractivity contribution is 5.94. The van der Waals surface area contributed by atoms with Gasteiger partial charge in [0.15, 0.2) is 11.9 Å². The number of nitrogens with zero attached hydrogens (tertiary/aromatic N) is 3. The molecule has 176 valence electrons. The number of nitrogens with one attached hydrogen (secondary N) is 1. The number of piperazine rings is 1. The molecule has 10 nitrogen and oxygen atoms in total. The molecule has 1 aromatic rings. The number of urea groups is 1. The molecule has 1 atom stereocenters. The Bertz CT molecular complexity index is 858. The predicted molar refractivity (Wildman–Crippen MR) is 117 cm³/mol. The van der Waals surface area contributed by atoms with Crippen molar-refractivity contribution in [2.24, 2.45) is 0 Å². The topological polar surface area (TPSA) is 108 Å². The van der Waals surface area contributed by atoms with Crippen molar-refractivity contribution in [2.45, 2.75) is 46.3 Å². The maximum atomic E-state index is 12.7. The molecule has 32 heavy (non-hydrogen) atoms. The molecule has 1 aromatic carbocycles. The zero-order valence-corrected chi connectivity index (χ0v) is 19.5. The van der Waals surface area contributed by atoms with Gasteiger partial charge in [-0.25, -0.2) is 14.6 Å². The molecule has 1 aliphatic rings. The average Bonchev–Trinajstić information content (AvgIpc) is 2.72. The molecule has 0 aliphatic carbocycles. The van der Waals surface area contributed by atoms with Crippen LogP contribution in [0.4, 0.5) is 9.59 Å². The van der Waals surface area contributed by atoms with E-state index in [1.165, 1.54) is 14.0 Å². The van der Waals surface area contributed by atoms with Gasteiger partial charge in [0.25, 0.3) is 5.91 Å². The minimum absolute atomic E-state index is 0.107. The summed E-state index contributed by atoms with van der Waals surface area (Å²) >= 11 is 0. The largest absolute Gasteiger partial charge is 0.481 e. The van der Waals surface area contributed by atoms with Crippen LogP contribution in [0.15, 0.2) is 24.3 Å². The van der Waals surface area contributed by atoms with Crippen LogP contribution in [-0.4, -0.2) is 83.6 Å². The van der Waals surface area contributed by atoms with Crippen LogP contribution in [0.5, 0.6) is 5.75 Å². The summed E-state index contributed by atoms with van der Waals surface area (Å²) in [4.78, 5) is 51.9. The lowest BCUT2D eigenvalue weighted by Gasteiger charge is -2.37. The van der Waals surface area contributed by atoms with Gasteiger partial charge in [0.05, 0.1) is 0 Å². The van der Waals surface area contributed by atoms with Crippen molar-refractivity contribution in [3.8, 4) is 5.75 Å². The molecule has 0 saturated carbocycles. The summed E-state index contributed by atoms with van der Waals surface area (Å²) in [7, 11) is 1.45. The van der Waals surface area contributed by atoms with Gasteiger partial charge < -0.3 is 19.3 Å². The van der Waals surface area contributed by atoms with Crippen LogP contribution in [0.2, 0.25) is 0 Å². The van der Waals surface area contributed by atoms with Crippen molar-refractivity contribution < 1.29 is 28.7 Å². The van der Waals surface area contributed by atoms with Gasteiger partial charge in [-0.1, -0.05) is 12.1 Å². The van der Waals surface area contributed by atoms with Crippen molar-refractivity contribution in [1.82, 2.24) is 20.2 Å². The SMILES string of the molecule is CC(=O)c1cccc(O[C@H](C)C(=O)NN(C)C(=O)N2CCN(C(=O)OC(C)(C)C)CC2)c1. The van der Waals surface area contributed by atoms with Crippen molar-refractivity contribution >= 4 is 23.8 Å². The standard InChI is InChI=1S/C22H32N4O6/c1-15(27)17-8-7-9-18(14-17)31-16(2)19(28)23-24(6)20(29)25-10-12-26(13-11-25)21(30)32-22(3,4)5/h7-9,14,16H,10-13H2,1-6H3,(H,23,28)/t16-/m1/s1. The number of hydrogen-bond acceptors (Lipinski definition) is 6. The summed E-state index contributed by atoms with van der Waals surface area (Å²) < 4.78 is 11.0. The number of carbonyl (C=O) groups is 4. The second-order valence-electron chi connectivity index (χ2n) is 8.62. The number of ether oxygens (including phenoxy) is 2. The van der Waals surface area contributed by atoms with Crippen LogP contribution < -0.4 is 10.2 Å². The van der Waals surface area contributed by atoms with Crippen molar-refractivity contribution in [2.75, 3.05) is 33.2 Å². The fraction of sp³-hybridized carbons (Fsp3) is 0.545. The maximum absolute atomic E-state index is 12.7. The number of rotatable bonds is 4. The predicted octanol–water partition coefficient (Wildman–Crippen LogP) is 2.29. The Labute approximate surface area is 188 Å². The molecule has 0 radical (unpaired) electrons. The van der Waals surface area contributed by atoms with Crippen LogP contribution >= 0.6 is 0 Å². The van der Waals surface area contributed by atoms with Crippen molar-refractivity contribution in [3.63, 3.8) is 0 Å². The molecule has 10 heteroatoms. The fourth-order valence-corrected chi connectivity index (χ4v) is 2.97. The third-order valence-corrected chi connectivity index (χ3v) is 4.69. The van der Waals surface area contributed by atoms with E-state index < -0.39 is 29.7 Å². The summed E-state index contributed by atoms with van der Waals surface area (Å²) in [6, 6.07) is 6.14. The lowest BCUT2D eigenvalue weighted by atomic mass is 10.1. The summed E-state index contributed by atoms with van der Waals surface area (Å²) in [6.07, 6.45) is -1.30. The summed E-state index contributed by atoms with van der Waals surface area (Å²) in [5, 5.41) is 1.09. The Morgan fingerprint density at radius 3 is 2.22 bits per heavy atom. The van der Waals surface area contributed by atoms with Crippen molar-refractivity contribution in [3.05, 3.63) is 29.8 Å². The summed E-state index contributed by atoms with van der Waals surface area (Å²) in [5.41, 5.74) is 2.40.